The fraction of sp³-hybridized carbons (Fsp3) is 0.333. The molecule has 76 valence electrons. The lowest BCUT2D eigenvalue weighted by Gasteiger charge is -2.01. The second kappa shape index (κ2) is 3.53. The highest BCUT2D eigenvalue weighted by Crippen LogP contribution is 2.16. The number of hydrogen-bond acceptors (Lipinski definition) is 2. The van der Waals surface area contributed by atoms with Gasteiger partial charge in [-0.3, -0.25) is 4.79 Å². The van der Waals surface area contributed by atoms with E-state index in [0.29, 0.717) is 11.3 Å². The van der Waals surface area contributed by atoms with Gasteiger partial charge in [0.15, 0.2) is 0 Å². The van der Waals surface area contributed by atoms with Crippen LogP contribution in [0, 0.1) is 6.92 Å². The molecular weight excluding hydrogens is 186 g/mol. The Morgan fingerprint density at radius 2 is 2.00 bits per heavy atom. The average Bonchev–Trinajstić information content (AvgIpc) is 2.25. The molecule has 0 aromatic carbocycles. The largest absolute Gasteiger partial charge is 0.481 e. The van der Waals surface area contributed by atoms with Crippen LogP contribution in [0.3, 0.4) is 0 Å². The molecule has 5 heteroatoms. The number of rotatable bonds is 3. The second-order valence-electron chi connectivity index (χ2n) is 3.12. The van der Waals surface area contributed by atoms with Crippen LogP contribution >= 0.6 is 0 Å². The lowest BCUT2D eigenvalue weighted by atomic mass is 10.1. The Labute approximate surface area is 80.6 Å². The summed E-state index contributed by atoms with van der Waals surface area (Å²) in [4.78, 5) is 21.3. The maximum absolute atomic E-state index is 10.8. The van der Waals surface area contributed by atoms with Crippen molar-refractivity contribution in [1.82, 2.24) is 4.57 Å². The van der Waals surface area contributed by atoms with E-state index in [-0.39, 0.29) is 12.0 Å². The third-order valence-electron chi connectivity index (χ3n) is 2.03. The van der Waals surface area contributed by atoms with Crippen LogP contribution in [0.5, 0.6) is 0 Å². The molecule has 1 aromatic heterocycles. The molecule has 1 heterocycles. The molecule has 0 atom stereocenters. The van der Waals surface area contributed by atoms with E-state index in [1.807, 2.05) is 0 Å². The zero-order valence-corrected chi connectivity index (χ0v) is 7.94. The van der Waals surface area contributed by atoms with E-state index < -0.39 is 11.9 Å². The number of aryl methyl sites for hydroxylation is 2. The topological polar surface area (TPSA) is 79.5 Å². The summed E-state index contributed by atoms with van der Waals surface area (Å²) >= 11 is 0. The Bertz CT molecular complexity index is 392. The minimum absolute atomic E-state index is 0.0925. The van der Waals surface area contributed by atoms with Crippen LogP contribution in [0.15, 0.2) is 6.20 Å². The van der Waals surface area contributed by atoms with Crippen LogP contribution in [0.25, 0.3) is 0 Å². The van der Waals surface area contributed by atoms with Gasteiger partial charge in [-0.15, -0.1) is 0 Å². The number of nitrogens with zero attached hydrogens (tertiary/aromatic N) is 1. The summed E-state index contributed by atoms with van der Waals surface area (Å²) in [5.74, 6) is -2.12. The summed E-state index contributed by atoms with van der Waals surface area (Å²) < 4.78 is 1.53. The number of aliphatic carboxylic acids is 1. The van der Waals surface area contributed by atoms with Crippen LogP contribution in [-0.2, 0) is 18.3 Å². The minimum Gasteiger partial charge on any atom is -0.481 e. The molecule has 0 aliphatic heterocycles. The molecule has 1 aromatic rings. The van der Waals surface area contributed by atoms with Gasteiger partial charge < -0.3 is 14.8 Å². The van der Waals surface area contributed by atoms with Gasteiger partial charge in [-0.2, -0.15) is 0 Å². The second-order valence-corrected chi connectivity index (χ2v) is 3.12. The van der Waals surface area contributed by atoms with Crippen molar-refractivity contribution in [3.8, 4) is 0 Å². The van der Waals surface area contributed by atoms with E-state index in [9.17, 15) is 9.59 Å². The number of carboxylic acid groups (broad SMARTS) is 2. The Hall–Kier alpha value is -1.78. The standard InChI is InChI=1S/C9H11NO4/c1-5-4-10(2)6(3-7(11)12)8(5)9(13)14/h4H,3H2,1-2H3,(H,11,12)(H,13,14). The first-order valence-electron chi connectivity index (χ1n) is 4.03. The van der Waals surface area contributed by atoms with E-state index in [1.54, 1.807) is 20.2 Å². The van der Waals surface area contributed by atoms with Crippen molar-refractivity contribution < 1.29 is 19.8 Å². The van der Waals surface area contributed by atoms with E-state index in [4.69, 9.17) is 10.2 Å². The van der Waals surface area contributed by atoms with Crippen molar-refractivity contribution in [3.05, 3.63) is 23.0 Å². The molecule has 1 rings (SSSR count). The number of carboxylic acids is 2. The lowest BCUT2D eigenvalue weighted by molar-refractivity contribution is -0.136. The zero-order valence-electron chi connectivity index (χ0n) is 7.94. The number of hydrogen-bond donors (Lipinski definition) is 2. The van der Waals surface area contributed by atoms with Crippen molar-refractivity contribution in [2.45, 2.75) is 13.3 Å². The van der Waals surface area contributed by atoms with Crippen molar-refractivity contribution >= 4 is 11.9 Å². The van der Waals surface area contributed by atoms with E-state index in [2.05, 4.69) is 0 Å². The molecule has 0 unspecified atom stereocenters. The summed E-state index contributed by atoms with van der Waals surface area (Å²) in [6.45, 7) is 1.65. The van der Waals surface area contributed by atoms with Crippen LogP contribution in [0.4, 0.5) is 0 Å². The van der Waals surface area contributed by atoms with Crippen molar-refractivity contribution in [3.63, 3.8) is 0 Å². The smallest absolute Gasteiger partial charge is 0.337 e. The van der Waals surface area contributed by atoms with Crippen LogP contribution in [0.2, 0.25) is 0 Å². The Kier molecular flexibility index (Phi) is 2.60. The molecule has 2 N–H and O–H groups in total. The fourth-order valence-electron chi connectivity index (χ4n) is 1.49. The third-order valence-corrected chi connectivity index (χ3v) is 2.03. The van der Waals surface area contributed by atoms with Gasteiger partial charge in [0.2, 0.25) is 0 Å². The van der Waals surface area contributed by atoms with Gasteiger partial charge in [0.25, 0.3) is 0 Å². The summed E-state index contributed by atoms with van der Waals surface area (Å²) in [7, 11) is 1.64. The summed E-state index contributed by atoms with van der Waals surface area (Å²) in [5, 5.41) is 17.5. The maximum atomic E-state index is 10.8. The fourth-order valence-corrected chi connectivity index (χ4v) is 1.49. The molecule has 5 nitrogen and oxygen atoms in total. The van der Waals surface area contributed by atoms with E-state index in [1.165, 1.54) is 4.57 Å². The Morgan fingerprint density at radius 3 is 2.43 bits per heavy atom. The molecule has 0 spiro atoms. The molecule has 0 bridgehead atoms. The predicted octanol–water partition coefficient (Wildman–Crippen LogP) is 0.659. The quantitative estimate of drug-likeness (QED) is 0.745. The maximum Gasteiger partial charge on any atom is 0.337 e. The number of aromatic carboxylic acids is 1. The SMILES string of the molecule is Cc1cn(C)c(CC(=O)O)c1C(=O)O. The molecule has 0 radical (unpaired) electrons. The highest BCUT2D eigenvalue weighted by Gasteiger charge is 2.19. The highest BCUT2D eigenvalue weighted by atomic mass is 16.4. The molecule has 0 aliphatic rings. The first-order valence-corrected chi connectivity index (χ1v) is 4.03. The highest BCUT2D eigenvalue weighted by molar-refractivity contribution is 5.92. The first-order chi connectivity index (χ1) is 6.43. The summed E-state index contributed by atoms with van der Waals surface area (Å²) in [5.41, 5.74) is 0.994. The molecule has 0 saturated carbocycles. The normalized spacial score (nSPS) is 10.1. The molecular formula is C9H11NO4. The number of aromatic nitrogens is 1. The van der Waals surface area contributed by atoms with Gasteiger partial charge in [0.1, 0.15) is 0 Å². The van der Waals surface area contributed by atoms with Crippen molar-refractivity contribution in [2.75, 3.05) is 0 Å². The Morgan fingerprint density at radius 1 is 1.43 bits per heavy atom. The predicted molar refractivity (Wildman–Crippen MR) is 48.4 cm³/mol. The molecule has 0 saturated heterocycles. The first kappa shape index (κ1) is 10.3. The lowest BCUT2D eigenvalue weighted by Crippen LogP contribution is -2.10. The van der Waals surface area contributed by atoms with Gasteiger partial charge in [-0.05, 0) is 12.5 Å². The van der Waals surface area contributed by atoms with Gasteiger partial charge in [-0.25, -0.2) is 4.79 Å². The van der Waals surface area contributed by atoms with Crippen molar-refractivity contribution in [2.24, 2.45) is 7.05 Å². The van der Waals surface area contributed by atoms with Gasteiger partial charge >= 0.3 is 11.9 Å². The average molecular weight is 197 g/mol. The zero-order chi connectivity index (χ0) is 10.9. The number of carbonyl (C=O) groups is 2. The molecule has 0 aliphatic carbocycles. The summed E-state index contributed by atoms with van der Waals surface area (Å²) in [6, 6.07) is 0. The van der Waals surface area contributed by atoms with Gasteiger partial charge in [0.05, 0.1) is 12.0 Å². The minimum atomic E-state index is -1.08. The van der Waals surface area contributed by atoms with Gasteiger partial charge in [-0.1, -0.05) is 0 Å². The van der Waals surface area contributed by atoms with Crippen LogP contribution in [0.1, 0.15) is 21.6 Å². The molecule has 0 fully saturated rings. The molecule has 14 heavy (non-hydrogen) atoms. The van der Waals surface area contributed by atoms with E-state index >= 15 is 0 Å². The van der Waals surface area contributed by atoms with Crippen LogP contribution < -0.4 is 0 Å². The van der Waals surface area contributed by atoms with Crippen molar-refractivity contribution in [1.29, 1.82) is 0 Å². The Balaban J connectivity index is 3.24. The van der Waals surface area contributed by atoms with Crippen LogP contribution in [-0.4, -0.2) is 26.7 Å². The van der Waals surface area contributed by atoms with E-state index in [0.717, 1.165) is 0 Å². The monoisotopic (exact) mass is 197 g/mol. The van der Waals surface area contributed by atoms with Gasteiger partial charge in [0, 0.05) is 18.9 Å². The molecule has 0 amide bonds. The summed E-state index contributed by atoms with van der Waals surface area (Å²) in [6.07, 6.45) is 1.34. The third kappa shape index (κ3) is 1.76.